The van der Waals surface area contributed by atoms with Gasteiger partial charge in [-0.15, -0.1) is 0 Å². The van der Waals surface area contributed by atoms with Gasteiger partial charge in [0.2, 0.25) is 0 Å². The van der Waals surface area contributed by atoms with Crippen molar-refractivity contribution in [3.8, 4) is 34.3 Å². The smallest absolute Gasteiger partial charge is 0.159 e. The highest BCUT2D eigenvalue weighted by atomic mass is 19.1. The molecule has 10 nitrogen and oxygen atoms in total. The summed E-state index contributed by atoms with van der Waals surface area (Å²) in [6.07, 6.45) is 12.5. The zero-order valence-corrected chi connectivity index (χ0v) is 26.5. The van der Waals surface area contributed by atoms with E-state index in [-0.39, 0.29) is 5.82 Å². The first-order valence-electron chi connectivity index (χ1n) is 15.9. The lowest BCUT2D eigenvalue weighted by Gasteiger charge is -2.31. The number of imidazole rings is 1. The van der Waals surface area contributed by atoms with Gasteiger partial charge in [-0.1, -0.05) is 6.08 Å². The van der Waals surface area contributed by atoms with E-state index in [9.17, 15) is 4.39 Å². The van der Waals surface area contributed by atoms with Gasteiger partial charge in [-0.05, 0) is 89.3 Å². The zero-order chi connectivity index (χ0) is 31.7. The van der Waals surface area contributed by atoms with Gasteiger partial charge < -0.3 is 19.4 Å². The molecule has 7 rings (SSSR count). The van der Waals surface area contributed by atoms with Crippen LogP contribution in [0.1, 0.15) is 43.1 Å². The van der Waals surface area contributed by atoms with Crippen molar-refractivity contribution in [2.24, 2.45) is 0 Å². The molecule has 0 spiro atoms. The van der Waals surface area contributed by atoms with Gasteiger partial charge in [0.05, 0.1) is 35.0 Å². The van der Waals surface area contributed by atoms with Gasteiger partial charge in [0.1, 0.15) is 36.2 Å². The van der Waals surface area contributed by atoms with E-state index >= 15 is 0 Å². The van der Waals surface area contributed by atoms with Crippen molar-refractivity contribution in [2.75, 3.05) is 53.5 Å². The number of pyridine rings is 2. The van der Waals surface area contributed by atoms with Crippen LogP contribution in [0.15, 0.2) is 55.0 Å². The van der Waals surface area contributed by atoms with Crippen LogP contribution in [0.4, 0.5) is 4.39 Å². The Balaban J connectivity index is 1.17. The predicted octanol–water partition coefficient (Wildman–Crippen LogP) is 5.69. The highest BCUT2D eigenvalue weighted by molar-refractivity contribution is 5.93. The Labute approximate surface area is 267 Å². The normalized spacial score (nSPS) is 18.0. The maximum atomic E-state index is 15.0. The quantitative estimate of drug-likeness (QED) is 0.194. The first kappa shape index (κ1) is 30.1. The summed E-state index contributed by atoms with van der Waals surface area (Å²) in [5, 5.41) is 8.59. The van der Waals surface area contributed by atoms with E-state index in [0.717, 1.165) is 65.3 Å². The molecule has 1 aliphatic heterocycles. The molecule has 2 aliphatic rings. The molecule has 0 bridgehead atoms. The van der Waals surface area contributed by atoms with E-state index in [1.54, 1.807) is 24.7 Å². The van der Waals surface area contributed by atoms with Crippen LogP contribution in [0.5, 0.6) is 11.5 Å². The number of benzene rings is 1. The van der Waals surface area contributed by atoms with Crippen molar-refractivity contribution in [2.45, 2.75) is 31.6 Å². The number of nitrogens with one attached hydrogen (secondary N) is 2. The molecule has 1 fully saturated rings. The Hall–Kier alpha value is -4.61. The van der Waals surface area contributed by atoms with Crippen molar-refractivity contribution in [1.29, 1.82) is 0 Å². The number of aromatic amines is 2. The second-order valence-electron chi connectivity index (χ2n) is 12.6. The third-order valence-corrected chi connectivity index (χ3v) is 8.96. The fourth-order valence-electron chi connectivity index (χ4n) is 6.31. The molecule has 11 heteroatoms. The number of likely N-dealkylation sites (N-methyl/N-ethyl adjacent to an activating group) is 1. The second kappa shape index (κ2) is 12.6. The van der Waals surface area contributed by atoms with E-state index in [2.05, 4.69) is 47.9 Å². The summed E-state index contributed by atoms with van der Waals surface area (Å²) < 4.78 is 26.9. The van der Waals surface area contributed by atoms with Gasteiger partial charge in [-0.3, -0.25) is 20.0 Å². The number of halogens is 1. The van der Waals surface area contributed by atoms with Gasteiger partial charge in [-0.2, -0.15) is 5.10 Å². The van der Waals surface area contributed by atoms with Crippen LogP contribution in [0.25, 0.3) is 39.8 Å². The number of ether oxygens (including phenoxy) is 2. The van der Waals surface area contributed by atoms with E-state index in [4.69, 9.17) is 14.5 Å². The van der Waals surface area contributed by atoms with Crippen LogP contribution in [-0.2, 0) is 5.41 Å². The summed E-state index contributed by atoms with van der Waals surface area (Å²) >= 11 is 0. The Kier molecular flexibility index (Phi) is 8.27. The van der Waals surface area contributed by atoms with Crippen molar-refractivity contribution >= 4 is 17.0 Å². The number of aromatic nitrogens is 6. The minimum absolute atomic E-state index is 0.314. The Morgan fingerprint density at radius 3 is 2.70 bits per heavy atom. The van der Waals surface area contributed by atoms with E-state index in [0.29, 0.717) is 42.7 Å². The average Bonchev–Trinajstić information content (AvgIpc) is 3.81. The standard InChI is InChI=1S/C35H39FN8O2/c1-35(24-16-25(36)18-26(17-24)45-14-12-44-9-4-5-10-44)8-6-7-29-33(35)40-34(39-29)32-28-19-30(38-22-31(28)41-42-32)23-15-27(21-37-20-23)46-13-11-43(2)3/h6-7,15-22H,4-5,8-14H2,1-3H3,(H,39,40)(H,41,42). The number of fused-ring (bicyclic) bond motifs is 2. The molecule has 0 saturated carbocycles. The van der Waals surface area contributed by atoms with E-state index < -0.39 is 5.41 Å². The highest BCUT2D eigenvalue weighted by Gasteiger charge is 2.36. The molecule has 5 aromatic rings. The lowest BCUT2D eigenvalue weighted by Crippen LogP contribution is -2.27. The molecule has 1 unspecified atom stereocenters. The average molecular weight is 623 g/mol. The molecule has 1 saturated heterocycles. The summed E-state index contributed by atoms with van der Waals surface area (Å²) in [5.41, 5.74) is 5.08. The molecule has 238 valence electrons. The maximum absolute atomic E-state index is 15.0. The van der Waals surface area contributed by atoms with Crippen molar-refractivity contribution < 1.29 is 13.9 Å². The van der Waals surface area contributed by atoms with Crippen LogP contribution in [0.3, 0.4) is 0 Å². The number of H-pyrrole nitrogens is 2. The molecule has 2 N–H and O–H groups in total. The Morgan fingerprint density at radius 1 is 1.00 bits per heavy atom. The molecule has 1 aliphatic carbocycles. The van der Waals surface area contributed by atoms with Crippen LogP contribution < -0.4 is 9.47 Å². The topological polar surface area (TPSA) is 108 Å². The number of likely N-dealkylation sites (tertiary alicyclic amines) is 1. The van der Waals surface area contributed by atoms with Crippen molar-refractivity contribution in [3.63, 3.8) is 0 Å². The van der Waals surface area contributed by atoms with Crippen molar-refractivity contribution in [1.82, 2.24) is 39.9 Å². The van der Waals surface area contributed by atoms with Gasteiger partial charge in [0.15, 0.2) is 5.82 Å². The molecule has 1 aromatic carbocycles. The lowest BCUT2D eigenvalue weighted by molar-refractivity contribution is 0.237. The number of allylic oxidation sites excluding steroid dienone is 1. The van der Waals surface area contributed by atoms with Crippen LogP contribution in [-0.4, -0.2) is 93.4 Å². The van der Waals surface area contributed by atoms with Crippen LogP contribution in [0, 0.1) is 5.82 Å². The maximum Gasteiger partial charge on any atom is 0.159 e. The molecule has 0 amide bonds. The Morgan fingerprint density at radius 2 is 1.85 bits per heavy atom. The summed E-state index contributed by atoms with van der Waals surface area (Å²) in [5.74, 6) is 1.55. The summed E-state index contributed by atoms with van der Waals surface area (Å²) in [7, 11) is 4.02. The first-order valence-corrected chi connectivity index (χ1v) is 15.9. The molecule has 4 aromatic heterocycles. The molecule has 0 radical (unpaired) electrons. The van der Waals surface area contributed by atoms with Gasteiger partial charge in [0.25, 0.3) is 0 Å². The monoisotopic (exact) mass is 622 g/mol. The van der Waals surface area contributed by atoms with Crippen LogP contribution >= 0.6 is 0 Å². The summed E-state index contributed by atoms with van der Waals surface area (Å²) in [6.45, 7) is 7.08. The second-order valence-corrected chi connectivity index (χ2v) is 12.6. The minimum Gasteiger partial charge on any atom is -0.492 e. The predicted molar refractivity (Wildman–Crippen MR) is 176 cm³/mol. The molecule has 1 atom stereocenters. The third-order valence-electron chi connectivity index (χ3n) is 8.96. The first-order chi connectivity index (χ1) is 22.4. The van der Waals surface area contributed by atoms with Crippen molar-refractivity contribution in [3.05, 3.63) is 77.8 Å². The largest absolute Gasteiger partial charge is 0.492 e. The molecule has 5 heterocycles. The Bertz CT molecular complexity index is 1880. The van der Waals surface area contributed by atoms with Gasteiger partial charge >= 0.3 is 0 Å². The fraction of sp³-hybridized carbons (Fsp3) is 0.371. The lowest BCUT2D eigenvalue weighted by atomic mass is 9.73. The number of hydrogen-bond acceptors (Lipinski definition) is 8. The number of rotatable bonds is 11. The van der Waals surface area contributed by atoms with E-state index in [1.165, 1.54) is 18.9 Å². The van der Waals surface area contributed by atoms with Gasteiger partial charge in [-0.25, -0.2) is 9.37 Å². The van der Waals surface area contributed by atoms with E-state index in [1.807, 2.05) is 38.4 Å². The van der Waals surface area contributed by atoms with Gasteiger partial charge in [0, 0.05) is 41.7 Å². The number of nitrogens with zero attached hydrogens (tertiary/aromatic N) is 6. The molecular formula is C35H39FN8O2. The fourth-order valence-corrected chi connectivity index (χ4v) is 6.31. The van der Waals surface area contributed by atoms with Crippen LogP contribution in [0.2, 0.25) is 0 Å². The minimum atomic E-state index is -0.540. The molecular weight excluding hydrogens is 583 g/mol. The summed E-state index contributed by atoms with van der Waals surface area (Å²) in [6, 6.07) is 8.97. The SMILES string of the molecule is CN(C)CCOc1cncc(-c2cc3c(-c4nc5c([nH]4)C(C)(c4cc(F)cc(OCCN6CCCC6)c4)CC=C5)n[nH]c3cn2)c1. The number of hydrogen-bond donors (Lipinski definition) is 2. The highest BCUT2D eigenvalue weighted by Crippen LogP contribution is 2.42. The molecule has 46 heavy (non-hydrogen) atoms. The summed E-state index contributed by atoms with van der Waals surface area (Å²) in [4.78, 5) is 22.0. The zero-order valence-electron chi connectivity index (χ0n) is 26.5. The third kappa shape index (κ3) is 6.12.